The summed E-state index contributed by atoms with van der Waals surface area (Å²) in [6.45, 7) is 10.7. The van der Waals surface area contributed by atoms with E-state index in [-0.39, 0.29) is 0 Å². The lowest BCUT2D eigenvalue weighted by Gasteiger charge is -2.10. The summed E-state index contributed by atoms with van der Waals surface area (Å²) >= 11 is 0. The van der Waals surface area contributed by atoms with Crippen LogP contribution in [-0.4, -0.2) is 24.5 Å². The lowest BCUT2D eigenvalue weighted by molar-refractivity contribution is 0.580. The van der Waals surface area contributed by atoms with Crippen LogP contribution in [0.2, 0.25) is 0 Å². The Labute approximate surface area is 164 Å². The average molecular weight is 378 g/mol. The highest BCUT2D eigenvalue weighted by atomic mass is 16.3. The van der Waals surface area contributed by atoms with Crippen molar-refractivity contribution in [1.82, 2.24) is 24.5 Å². The van der Waals surface area contributed by atoms with Crippen LogP contribution in [0.4, 0.5) is 5.82 Å². The van der Waals surface area contributed by atoms with E-state index in [0.29, 0.717) is 18.4 Å². The molecule has 0 amide bonds. The van der Waals surface area contributed by atoms with Gasteiger partial charge >= 0.3 is 0 Å². The minimum atomic E-state index is 0.292. The molecule has 0 fully saturated rings. The molecule has 4 aromatic rings. The Bertz CT molecular complexity index is 1020. The first-order valence-corrected chi connectivity index (χ1v) is 9.55. The average Bonchev–Trinajstić information content (AvgIpc) is 3.38. The van der Waals surface area contributed by atoms with E-state index in [9.17, 15) is 0 Å². The normalized spacial score (nSPS) is 10.8. The first-order valence-electron chi connectivity index (χ1n) is 9.55. The SMILES string of the molecule is CC.Cc1nc(NCc2ccc(-c3ccco3)nc2)c2ncn(C(C)C)c2n1. The predicted molar refractivity (Wildman–Crippen MR) is 111 cm³/mol. The van der Waals surface area contributed by atoms with Gasteiger partial charge in [-0.3, -0.25) is 4.98 Å². The van der Waals surface area contributed by atoms with Gasteiger partial charge in [0, 0.05) is 18.8 Å². The Morgan fingerprint density at radius 1 is 1.11 bits per heavy atom. The summed E-state index contributed by atoms with van der Waals surface area (Å²) in [5, 5.41) is 3.36. The number of nitrogens with zero attached hydrogens (tertiary/aromatic N) is 5. The van der Waals surface area contributed by atoms with Crippen molar-refractivity contribution in [3.05, 3.63) is 54.4 Å². The van der Waals surface area contributed by atoms with E-state index in [1.807, 2.05) is 57.6 Å². The second-order valence-corrected chi connectivity index (χ2v) is 6.42. The third-order valence-electron chi connectivity index (χ3n) is 4.15. The van der Waals surface area contributed by atoms with Gasteiger partial charge in [0.25, 0.3) is 0 Å². The van der Waals surface area contributed by atoms with E-state index < -0.39 is 0 Å². The van der Waals surface area contributed by atoms with Crippen LogP contribution in [0.15, 0.2) is 47.5 Å². The zero-order valence-electron chi connectivity index (χ0n) is 17.0. The summed E-state index contributed by atoms with van der Waals surface area (Å²) in [5.41, 5.74) is 3.49. The molecule has 0 atom stereocenters. The molecule has 146 valence electrons. The molecule has 0 bridgehead atoms. The van der Waals surface area contributed by atoms with E-state index >= 15 is 0 Å². The molecule has 4 aromatic heterocycles. The molecule has 0 unspecified atom stereocenters. The Hall–Kier alpha value is -3.22. The summed E-state index contributed by atoms with van der Waals surface area (Å²) in [7, 11) is 0. The molecule has 1 N–H and O–H groups in total. The van der Waals surface area contributed by atoms with Gasteiger partial charge < -0.3 is 14.3 Å². The van der Waals surface area contributed by atoms with Crippen molar-refractivity contribution in [3.8, 4) is 11.5 Å². The van der Waals surface area contributed by atoms with E-state index in [1.54, 1.807) is 6.26 Å². The quantitative estimate of drug-likeness (QED) is 0.526. The summed E-state index contributed by atoms with van der Waals surface area (Å²) in [5.74, 6) is 2.22. The van der Waals surface area contributed by atoms with Gasteiger partial charge in [-0.05, 0) is 44.5 Å². The van der Waals surface area contributed by atoms with Gasteiger partial charge in [0.2, 0.25) is 0 Å². The maximum atomic E-state index is 5.37. The molecule has 0 saturated heterocycles. The lowest BCUT2D eigenvalue weighted by Crippen LogP contribution is -2.06. The molecule has 0 aliphatic heterocycles. The maximum Gasteiger partial charge on any atom is 0.165 e. The van der Waals surface area contributed by atoms with Gasteiger partial charge in [0.15, 0.2) is 17.2 Å². The van der Waals surface area contributed by atoms with Gasteiger partial charge in [-0.25, -0.2) is 15.0 Å². The molecular formula is C21H26N6O. The van der Waals surface area contributed by atoms with Crippen molar-refractivity contribution >= 4 is 17.0 Å². The fourth-order valence-electron chi connectivity index (χ4n) is 2.81. The minimum Gasteiger partial charge on any atom is -0.463 e. The predicted octanol–water partition coefficient (Wildman–Crippen LogP) is 5.01. The number of furan rings is 1. The topological polar surface area (TPSA) is 81.7 Å². The van der Waals surface area contributed by atoms with Gasteiger partial charge in [-0.15, -0.1) is 0 Å². The summed E-state index contributed by atoms with van der Waals surface area (Å²) in [6.07, 6.45) is 5.29. The molecule has 0 aromatic carbocycles. The second kappa shape index (κ2) is 8.65. The van der Waals surface area contributed by atoms with Crippen molar-refractivity contribution in [2.45, 2.75) is 47.2 Å². The number of aromatic nitrogens is 5. The number of anilines is 1. The third kappa shape index (κ3) is 4.03. The Morgan fingerprint density at radius 2 is 1.93 bits per heavy atom. The van der Waals surface area contributed by atoms with E-state index in [2.05, 4.69) is 43.7 Å². The molecule has 4 heterocycles. The van der Waals surface area contributed by atoms with E-state index in [4.69, 9.17) is 4.42 Å². The zero-order valence-corrected chi connectivity index (χ0v) is 17.0. The molecule has 4 rings (SSSR count). The number of aryl methyl sites for hydroxylation is 1. The maximum absolute atomic E-state index is 5.37. The monoisotopic (exact) mass is 378 g/mol. The largest absolute Gasteiger partial charge is 0.463 e. The highest BCUT2D eigenvalue weighted by molar-refractivity contribution is 5.83. The number of imidazole rings is 1. The van der Waals surface area contributed by atoms with Crippen LogP contribution in [0.25, 0.3) is 22.6 Å². The molecule has 0 spiro atoms. The molecule has 7 heteroatoms. The van der Waals surface area contributed by atoms with Crippen molar-refractivity contribution in [2.75, 3.05) is 5.32 Å². The van der Waals surface area contributed by atoms with E-state index in [1.165, 1.54) is 0 Å². The molecule has 0 aliphatic rings. The Kier molecular flexibility index (Phi) is 6.03. The van der Waals surface area contributed by atoms with Crippen molar-refractivity contribution in [2.24, 2.45) is 0 Å². The third-order valence-corrected chi connectivity index (χ3v) is 4.15. The van der Waals surface area contributed by atoms with Gasteiger partial charge in [-0.2, -0.15) is 0 Å². The second-order valence-electron chi connectivity index (χ2n) is 6.42. The van der Waals surface area contributed by atoms with Gasteiger partial charge in [0.1, 0.15) is 17.0 Å². The zero-order chi connectivity index (χ0) is 20.1. The molecule has 0 aliphatic carbocycles. The fourth-order valence-corrected chi connectivity index (χ4v) is 2.81. The first-order chi connectivity index (χ1) is 13.6. The van der Waals surface area contributed by atoms with Gasteiger partial charge in [0.05, 0.1) is 12.6 Å². The number of hydrogen-bond donors (Lipinski definition) is 1. The summed E-state index contributed by atoms with van der Waals surface area (Å²) in [4.78, 5) is 18.0. The highest BCUT2D eigenvalue weighted by Gasteiger charge is 2.13. The first kappa shape index (κ1) is 19.5. The molecule has 0 radical (unpaired) electrons. The van der Waals surface area contributed by atoms with Crippen LogP contribution in [0.5, 0.6) is 0 Å². The Balaban J connectivity index is 0.00000109. The minimum absolute atomic E-state index is 0.292. The number of nitrogens with one attached hydrogen (secondary N) is 1. The van der Waals surface area contributed by atoms with Crippen molar-refractivity contribution < 1.29 is 4.42 Å². The van der Waals surface area contributed by atoms with Crippen LogP contribution in [0, 0.1) is 6.92 Å². The smallest absolute Gasteiger partial charge is 0.165 e. The van der Waals surface area contributed by atoms with Crippen LogP contribution in [-0.2, 0) is 6.54 Å². The summed E-state index contributed by atoms with van der Waals surface area (Å²) < 4.78 is 7.42. The lowest BCUT2D eigenvalue weighted by atomic mass is 10.2. The van der Waals surface area contributed by atoms with Crippen LogP contribution in [0.3, 0.4) is 0 Å². The fraction of sp³-hybridized carbons (Fsp3) is 0.333. The number of hydrogen-bond acceptors (Lipinski definition) is 6. The molecule has 0 saturated carbocycles. The molecule has 28 heavy (non-hydrogen) atoms. The highest BCUT2D eigenvalue weighted by Crippen LogP contribution is 2.22. The van der Waals surface area contributed by atoms with Crippen molar-refractivity contribution in [3.63, 3.8) is 0 Å². The molecule has 7 nitrogen and oxygen atoms in total. The summed E-state index contributed by atoms with van der Waals surface area (Å²) in [6, 6.07) is 8.01. The standard InChI is InChI=1S/C19H20N6O.C2H6/c1-12(2)25-11-22-17-18(23-13(3)24-19(17)25)21-10-14-6-7-15(20-9-14)16-5-4-8-26-16;1-2/h4-9,11-12H,10H2,1-3H3,(H,21,23,24);1-2H3. The van der Waals surface area contributed by atoms with Crippen LogP contribution in [0.1, 0.15) is 45.1 Å². The van der Waals surface area contributed by atoms with Crippen LogP contribution >= 0.6 is 0 Å². The number of rotatable bonds is 5. The van der Waals surface area contributed by atoms with Crippen molar-refractivity contribution in [1.29, 1.82) is 0 Å². The number of fused-ring (bicyclic) bond motifs is 1. The Morgan fingerprint density at radius 3 is 2.57 bits per heavy atom. The van der Waals surface area contributed by atoms with E-state index in [0.717, 1.165) is 34.0 Å². The van der Waals surface area contributed by atoms with Gasteiger partial charge in [-0.1, -0.05) is 19.9 Å². The molecular weight excluding hydrogens is 352 g/mol. The number of pyridine rings is 1. The van der Waals surface area contributed by atoms with Crippen LogP contribution < -0.4 is 5.32 Å².